The molecule has 0 spiro atoms. The second kappa shape index (κ2) is 4.39. The van der Waals surface area contributed by atoms with Gasteiger partial charge in [-0.15, -0.1) is 0 Å². The van der Waals surface area contributed by atoms with Crippen LogP contribution in [0.25, 0.3) is 0 Å². The lowest BCUT2D eigenvalue weighted by Gasteiger charge is -2.13. The van der Waals surface area contributed by atoms with Crippen LogP contribution in [0, 0.1) is 0 Å². The van der Waals surface area contributed by atoms with Gasteiger partial charge in [-0.1, -0.05) is 12.2 Å². The van der Waals surface area contributed by atoms with E-state index in [0.717, 1.165) is 17.9 Å². The third-order valence-corrected chi connectivity index (χ3v) is 2.78. The molecular weight excluding hydrogens is 186 g/mol. The molecule has 2 nitrogen and oxygen atoms in total. The highest BCUT2D eigenvalue weighted by Gasteiger charge is 2.15. The molecule has 1 aromatic rings. The van der Waals surface area contributed by atoms with Crippen molar-refractivity contribution < 1.29 is 4.74 Å². The van der Waals surface area contributed by atoms with Gasteiger partial charge in [-0.05, 0) is 43.5 Å². The molecule has 1 aliphatic carbocycles. The summed E-state index contributed by atoms with van der Waals surface area (Å²) in [7, 11) is 0. The van der Waals surface area contributed by atoms with E-state index in [1.807, 2.05) is 19.1 Å². The van der Waals surface area contributed by atoms with Crippen LogP contribution in [0.4, 0.5) is 5.69 Å². The van der Waals surface area contributed by atoms with E-state index in [2.05, 4.69) is 18.2 Å². The van der Waals surface area contributed by atoms with Gasteiger partial charge in [0.1, 0.15) is 5.75 Å². The molecule has 2 rings (SSSR count). The molecule has 15 heavy (non-hydrogen) atoms. The summed E-state index contributed by atoms with van der Waals surface area (Å²) in [6, 6.07) is 5.94. The molecule has 1 aliphatic rings. The van der Waals surface area contributed by atoms with Crippen LogP contribution in [0.5, 0.6) is 5.75 Å². The number of ether oxygens (including phenoxy) is 1. The van der Waals surface area contributed by atoms with Gasteiger partial charge in [0.15, 0.2) is 0 Å². The van der Waals surface area contributed by atoms with Crippen molar-refractivity contribution in [3.63, 3.8) is 0 Å². The fraction of sp³-hybridized carbons (Fsp3) is 0.385. The first-order chi connectivity index (χ1) is 7.31. The lowest BCUT2D eigenvalue weighted by atomic mass is 9.97. The van der Waals surface area contributed by atoms with Crippen molar-refractivity contribution in [2.24, 2.45) is 0 Å². The van der Waals surface area contributed by atoms with E-state index in [1.165, 1.54) is 12.0 Å². The van der Waals surface area contributed by atoms with Crippen LogP contribution in [0.2, 0.25) is 0 Å². The summed E-state index contributed by atoms with van der Waals surface area (Å²) in [5.74, 6) is 1.40. The molecule has 1 aromatic carbocycles. The van der Waals surface area contributed by atoms with Gasteiger partial charge in [-0.25, -0.2) is 0 Å². The fourth-order valence-electron chi connectivity index (χ4n) is 2.02. The predicted octanol–water partition coefficient (Wildman–Crippen LogP) is 3.10. The fourth-order valence-corrected chi connectivity index (χ4v) is 2.02. The highest BCUT2D eigenvalue weighted by Crippen LogP contribution is 2.34. The van der Waals surface area contributed by atoms with Gasteiger partial charge in [-0.2, -0.15) is 0 Å². The molecular formula is C13H17NO. The molecule has 0 amide bonds. The van der Waals surface area contributed by atoms with Crippen molar-refractivity contribution in [1.29, 1.82) is 0 Å². The van der Waals surface area contributed by atoms with Gasteiger partial charge in [0, 0.05) is 11.6 Å². The summed E-state index contributed by atoms with van der Waals surface area (Å²) >= 11 is 0. The average molecular weight is 203 g/mol. The second-order valence-electron chi connectivity index (χ2n) is 3.84. The Morgan fingerprint density at radius 3 is 3.00 bits per heavy atom. The highest BCUT2D eigenvalue weighted by molar-refractivity contribution is 5.53. The van der Waals surface area contributed by atoms with E-state index in [9.17, 15) is 0 Å². The van der Waals surface area contributed by atoms with Crippen LogP contribution in [-0.2, 0) is 0 Å². The third kappa shape index (κ3) is 2.14. The Morgan fingerprint density at radius 2 is 2.33 bits per heavy atom. The van der Waals surface area contributed by atoms with E-state index in [0.29, 0.717) is 12.5 Å². The minimum Gasteiger partial charge on any atom is -0.494 e. The topological polar surface area (TPSA) is 35.2 Å². The summed E-state index contributed by atoms with van der Waals surface area (Å²) in [5, 5.41) is 0. The number of anilines is 1. The zero-order valence-electron chi connectivity index (χ0n) is 9.07. The first-order valence-corrected chi connectivity index (χ1v) is 5.50. The Bertz CT molecular complexity index is 371. The zero-order valence-corrected chi connectivity index (χ0v) is 9.07. The van der Waals surface area contributed by atoms with Crippen LogP contribution in [0.1, 0.15) is 31.2 Å². The first kappa shape index (κ1) is 10.1. The van der Waals surface area contributed by atoms with Crippen molar-refractivity contribution in [1.82, 2.24) is 0 Å². The molecule has 80 valence electrons. The molecule has 0 heterocycles. The molecule has 0 saturated carbocycles. The molecule has 0 fully saturated rings. The van der Waals surface area contributed by atoms with Crippen molar-refractivity contribution in [2.75, 3.05) is 12.3 Å². The highest BCUT2D eigenvalue weighted by atomic mass is 16.5. The molecule has 2 N–H and O–H groups in total. The van der Waals surface area contributed by atoms with Gasteiger partial charge >= 0.3 is 0 Å². The molecule has 0 saturated heterocycles. The number of nitrogens with two attached hydrogens (primary N) is 1. The molecule has 2 heteroatoms. The average Bonchev–Trinajstić information content (AvgIpc) is 2.74. The Kier molecular flexibility index (Phi) is 2.95. The van der Waals surface area contributed by atoms with Crippen LogP contribution in [-0.4, -0.2) is 6.61 Å². The number of benzene rings is 1. The quantitative estimate of drug-likeness (QED) is 0.605. The van der Waals surface area contributed by atoms with E-state index in [1.54, 1.807) is 0 Å². The standard InChI is InChI=1S/C13H17NO/c1-2-15-11-7-8-13(14)12(9-11)10-5-3-4-6-10/h3,5,7-10H,2,4,6,14H2,1H3. The molecule has 0 radical (unpaired) electrons. The van der Waals surface area contributed by atoms with E-state index in [-0.39, 0.29) is 0 Å². The molecule has 0 aliphatic heterocycles. The van der Waals surface area contributed by atoms with Crippen molar-refractivity contribution >= 4 is 5.69 Å². The van der Waals surface area contributed by atoms with Crippen molar-refractivity contribution in [3.8, 4) is 5.75 Å². The van der Waals surface area contributed by atoms with Gasteiger partial charge in [-0.3, -0.25) is 0 Å². The Morgan fingerprint density at radius 1 is 1.47 bits per heavy atom. The van der Waals surface area contributed by atoms with Gasteiger partial charge in [0.05, 0.1) is 6.61 Å². The number of rotatable bonds is 3. The van der Waals surface area contributed by atoms with Crippen LogP contribution >= 0.6 is 0 Å². The minimum absolute atomic E-state index is 0.477. The predicted molar refractivity (Wildman–Crippen MR) is 63.1 cm³/mol. The second-order valence-corrected chi connectivity index (χ2v) is 3.84. The SMILES string of the molecule is CCOc1ccc(N)c(C2C=CCC2)c1. The third-order valence-electron chi connectivity index (χ3n) is 2.78. The molecule has 1 unspecified atom stereocenters. The number of nitrogen functional groups attached to an aromatic ring is 1. The summed E-state index contributed by atoms with van der Waals surface area (Å²) in [4.78, 5) is 0. The van der Waals surface area contributed by atoms with E-state index >= 15 is 0 Å². The summed E-state index contributed by atoms with van der Waals surface area (Å²) in [5.41, 5.74) is 8.05. The lowest BCUT2D eigenvalue weighted by Crippen LogP contribution is -2.00. The largest absolute Gasteiger partial charge is 0.494 e. The molecule has 0 bridgehead atoms. The zero-order chi connectivity index (χ0) is 10.7. The maximum Gasteiger partial charge on any atom is 0.119 e. The number of allylic oxidation sites excluding steroid dienone is 2. The monoisotopic (exact) mass is 203 g/mol. The minimum atomic E-state index is 0.477. The van der Waals surface area contributed by atoms with Crippen molar-refractivity contribution in [3.05, 3.63) is 35.9 Å². The normalized spacial score (nSPS) is 19.4. The van der Waals surface area contributed by atoms with Gasteiger partial charge in [0.2, 0.25) is 0 Å². The smallest absolute Gasteiger partial charge is 0.119 e. The van der Waals surface area contributed by atoms with Crippen LogP contribution < -0.4 is 10.5 Å². The lowest BCUT2D eigenvalue weighted by molar-refractivity contribution is 0.340. The van der Waals surface area contributed by atoms with Gasteiger partial charge < -0.3 is 10.5 Å². The van der Waals surface area contributed by atoms with Crippen LogP contribution in [0.15, 0.2) is 30.4 Å². The Labute approximate surface area is 90.7 Å². The van der Waals surface area contributed by atoms with Crippen LogP contribution in [0.3, 0.4) is 0 Å². The maximum absolute atomic E-state index is 5.98. The first-order valence-electron chi connectivity index (χ1n) is 5.50. The summed E-state index contributed by atoms with van der Waals surface area (Å²) in [6.45, 7) is 2.69. The summed E-state index contributed by atoms with van der Waals surface area (Å²) < 4.78 is 5.48. The Balaban J connectivity index is 2.27. The molecule has 0 aromatic heterocycles. The van der Waals surface area contributed by atoms with Gasteiger partial charge in [0.25, 0.3) is 0 Å². The van der Waals surface area contributed by atoms with Crippen molar-refractivity contribution in [2.45, 2.75) is 25.7 Å². The maximum atomic E-state index is 5.98. The summed E-state index contributed by atoms with van der Waals surface area (Å²) in [6.07, 6.45) is 6.78. The Hall–Kier alpha value is -1.44. The van der Waals surface area contributed by atoms with E-state index in [4.69, 9.17) is 10.5 Å². The molecule has 1 atom stereocenters. The number of hydrogen-bond acceptors (Lipinski definition) is 2. The van der Waals surface area contributed by atoms with E-state index < -0.39 is 0 Å². The number of hydrogen-bond donors (Lipinski definition) is 1.